The second-order valence-corrected chi connectivity index (χ2v) is 5.64. The Morgan fingerprint density at radius 1 is 0.684 bits per heavy atom. The minimum Gasteiger partial charge on any atom is -0.356 e. The number of amides is 1. The largest absolute Gasteiger partial charge is 0.356 e. The van der Waals surface area contributed by atoms with Gasteiger partial charge in [-0.15, -0.1) is 0 Å². The summed E-state index contributed by atoms with van der Waals surface area (Å²) in [5.74, 6) is 0.244. The summed E-state index contributed by atoms with van der Waals surface area (Å²) in [7, 11) is 0. The molecule has 0 aliphatic heterocycles. The first-order valence-corrected chi connectivity index (χ1v) is 8.58. The van der Waals surface area contributed by atoms with Gasteiger partial charge in [0.1, 0.15) is 0 Å². The van der Waals surface area contributed by atoms with Crippen molar-refractivity contribution in [2.45, 2.75) is 97.3 Å². The summed E-state index contributed by atoms with van der Waals surface area (Å²) in [6.07, 6.45) is 16.2. The van der Waals surface area contributed by atoms with Gasteiger partial charge >= 0.3 is 0 Å². The van der Waals surface area contributed by atoms with Crippen LogP contribution < -0.4 is 5.32 Å². The lowest BCUT2D eigenvalue weighted by Gasteiger charge is -2.05. The highest BCUT2D eigenvalue weighted by Crippen LogP contribution is 2.09. The third kappa shape index (κ3) is 15.4. The van der Waals surface area contributed by atoms with Gasteiger partial charge in [0.2, 0.25) is 5.91 Å². The molecule has 1 N–H and O–H groups in total. The van der Waals surface area contributed by atoms with Crippen molar-refractivity contribution in [3.8, 4) is 0 Å². The lowest BCUT2D eigenvalue weighted by molar-refractivity contribution is -0.121. The van der Waals surface area contributed by atoms with Crippen molar-refractivity contribution >= 4 is 5.91 Å². The highest BCUT2D eigenvalue weighted by atomic mass is 16.1. The molecule has 0 rings (SSSR count). The summed E-state index contributed by atoms with van der Waals surface area (Å²) in [5, 5.41) is 3.02. The molecule has 0 aliphatic rings. The average molecular weight is 269 g/mol. The SMILES string of the molecule is CCCCCCCCCCCNC(=O)CCCCC. The predicted octanol–water partition coefficient (Wildman–Crippen LogP) is 5.21. The molecule has 2 nitrogen and oxygen atoms in total. The Bertz CT molecular complexity index is 192. The van der Waals surface area contributed by atoms with Crippen LogP contribution in [-0.2, 0) is 4.79 Å². The van der Waals surface area contributed by atoms with Crippen LogP contribution in [-0.4, -0.2) is 12.5 Å². The maximum absolute atomic E-state index is 11.4. The summed E-state index contributed by atoms with van der Waals surface area (Å²) >= 11 is 0. The number of unbranched alkanes of at least 4 members (excludes halogenated alkanes) is 10. The molecule has 0 heterocycles. The van der Waals surface area contributed by atoms with E-state index in [1.807, 2.05) is 0 Å². The highest BCUT2D eigenvalue weighted by Gasteiger charge is 1.99. The Morgan fingerprint density at radius 3 is 1.74 bits per heavy atom. The minimum atomic E-state index is 0.244. The van der Waals surface area contributed by atoms with E-state index in [9.17, 15) is 4.79 Å². The smallest absolute Gasteiger partial charge is 0.219 e. The Balaban J connectivity index is 3.07. The number of carbonyl (C=O) groups excluding carboxylic acids is 1. The van der Waals surface area contributed by atoms with Crippen molar-refractivity contribution in [3.63, 3.8) is 0 Å². The number of carbonyl (C=O) groups is 1. The van der Waals surface area contributed by atoms with Gasteiger partial charge in [0.05, 0.1) is 0 Å². The fraction of sp³-hybridized carbons (Fsp3) is 0.941. The summed E-state index contributed by atoms with van der Waals surface area (Å²) in [6, 6.07) is 0. The molecule has 0 saturated heterocycles. The Morgan fingerprint density at radius 2 is 1.16 bits per heavy atom. The molecule has 0 fully saturated rings. The van der Waals surface area contributed by atoms with Crippen molar-refractivity contribution in [3.05, 3.63) is 0 Å². The lowest BCUT2D eigenvalue weighted by Crippen LogP contribution is -2.23. The van der Waals surface area contributed by atoms with Crippen LogP contribution in [0.15, 0.2) is 0 Å². The van der Waals surface area contributed by atoms with Gasteiger partial charge in [-0.25, -0.2) is 0 Å². The van der Waals surface area contributed by atoms with E-state index in [1.165, 1.54) is 64.2 Å². The van der Waals surface area contributed by atoms with E-state index in [-0.39, 0.29) is 5.91 Å². The minimum absolute atomic E-state index is 0.244. The van der Waals surface area contributed by atoms with Crippen LogP contribution in [0.3, 0.4) is 0 Å². The number of rotatable bonds is 14. The second kappa shape index (κ2) is 15.5. The molecule has 1 amide bonds. The Labute approximate surface area is 120 Å². The number of hydrogen-bond acceptors (Lipinski definition) is 1. The van der Waals surface area contributed by atoms with E-state index in [2.05, 4.69) is 19.2 Å². The van der Waals surface area contributed by atoms with E-state index in [4.69, 9.17) is 0 Å². The standard InChI is InChI=1S/C17H35NO/c1-3-5-7-8-9-10-11-12-14-16-18-17(19)15-13-6-4-2/h3-16H2,1-2H3,(H,18,19). The van der Waals surface area contributed by atoms with Crippen LogP contribution in [0.25, 0.3) is 0 Å². The zero-order chi connectivity index (χ0) is 14.2. The zero-order valence-corrected chi connectivity index (χ0v) is 13.3. The molecule has 0 aromatic rings. The van der Waals surface area contributed by atoms with Gasteiger partial charge in [-0.2, -0.15) is 0 Å². The Hall–Kier alpha value is -0.530. The van der Waals surface area contributed by atoms with Gasteiger partial charge < -0.3 is 5.32 Å². The van der Waals surface area contributed by atoms with Gasteiger partial charge in [-0.05, 0) is 12.8 Å². The molecule has 114 valence electrons. The van der Waals surface area contributed by atoms with E-state index in [1.54, 1.807) is 0 Å². The fourth-order valence-corrected chi connectivity index (χ4v) is 2.29. The van der Waals surface area contributed by atoms with Crippen LogP contribution in [0.5, 0.6) is 0 Å². The van der Waals surface area contributed by atoms with Crippen LogP contribution in [0.1, 0.15) is 97.3 Å². The normalized spacial score (nSPS) is 10.6. The molecule has 0 aliphatic carbocycles. The first kappa shape index (κ1) is 18.5. The molecular formula is C17H35NO. The quantitative estimate of drug-likeness (QED) is 0.431. The first-order valence-electron chi connectivity index (χ1n) is 8.58. The van der Waals surface area contributed by atoms with Crippen molar-refractivity contribution in [1.29, 1.82) is 0 Å². The fourth-order valence-electron chi connectivity index (χ4n) is 2.29. The van der Waals surface area contributed by atoms with E-state index >= 15 is 0 Å². The average Bonchev–Trinajstić information content (AvgIpc) is 2.41. The molecule has 0 atom stereocenters. The number of hydrogen-bond donors (Lipinski definition) is 1. The van der Waals surface area contributed by atoms with Crippen LogP contribution in [0.2, 0.25) is 0 Å². The third-order valence-corrected chi connectivity index (χ3v) is 3.61. The van der Waals surface area contributed by atoms with Gasteiger partial charge in [-0.1, -0.05) is 78.1 Å². The predicted molar refractivity (Wildman–Crippen MR) is 84.4 cm³/mol. The monoisotopic (exact) mass is 269 g/mol. The van der Waals surface area contributed by atoms with Crippen molar-refractivity contribution < 1.29 is 4.79 Å². The third-order valence-electron chi connectivity index (χ3n) is 3.61. The first-order chi connectivity index (χ1) is 9.31. The molecular weight excluding hydrogens is 234 g/mol. The van der Waals surface area contributed by atoms with E-state index in [0.29, 0.717) is 6.42 Å². The topological polar surface area (TPSA) is 29.1 Å². The zero-order valence-electron chi connectivity index (χ0n) is 13.3. The second-order valence-electron chi connectivity index (χ2n) is 5.64. The summed E-state index contributed by atoms with van der Waals surface area (Å²) in [5.41, 5.74) is 0. The summed E-state index contributed by atoms with van der Waals surface area (Å²) in [6.45, 7) is 5.30. The van der Waals surface area contributed by atoms with Gasteiger partial charge in [0.15, 0.2) is 0 Å². The molecule has 19 heavy (non-hydrogen) atoms. The molecule has 0 bridgehead atoms. The van der Waals surface area contributed by atoms with Crippen LogP contribution in [0.4, 0.5) is 0 Å². The molecule has 0 saturated carbocycles. The molecule has 0 aromatic carbocycles. The highest BCUT2D eigenvalue weighted by molar-refractivity contribution is 5.75. The van der Waals surface area contributed by atoms with Gasteiger partial charge in [0.25, 0.3) is 0 Å². The number of nitrogens with one attached hydrogen (secondary N) is 1. The van der Waals surface area contributed by atoms with E-state index in [0.717, 1.165) is 19.4 Å². The van der Waals surface area contributed by atoms with Crippen molar-refractivity contribution in [1.82, 2.24) is 5.32 Å². The maximum Gasteiger partial charge on any atom is 0.219 e. The molecule has 0 spiro atoms. The van der Waals surface area contributed by atoms with E-state index < -0.39 is 0 Å². The molecule has 0 unspecified atom stereocenters. The van der Waals surface area contributed by atoms with Crippen LogP contribution in [0, 0.1) is 0 Å². The lowest BCUT2D eigenvalue weighted by atomic mass is 10.1. The summed E-state index contributed by atoms with van der Waals surface area (Å²) in [4.78, 5) is 11.4. The van der Waals surface area contributed by atoms with Gasteiger partial charge in [0, 0.05) is 13.0 Å². The molecule has 2 heteroatoms. The van der Waals surface area contributed by atoms with Crippen molar-refractivity contribution in [2.24, 2.45) is 0 Å². The maximum atomic E-state index is 11.4. The van der Waals surface area contributed by atoms with Crippen molar-refractivity contribution in [2.75, 3.05) is 6.54 Å². The van der Waals surface area contributed by atoms with Crippen LogP contribution >= 0.6 is 0 Å². The summed E-state index contributed by atoms with van der Waals surface area (Å²) < 4.78 is 0. The Kier molecular flexibility index (Phi) is 15.1. The molecule has 0 aromatic heterocycles. The van der Waals surface area contributed by atoms with Gasteiger partial charge in [-0.3, -0.25) is 4.79 Å². The molecule has 0 radical (unpaired) electrons.